The van der Waals surface area contributed by atoms with Gasteiger partial charge >= 0.3 is 6.09 Å². The van der Waals surface area contributed by atoms with E-state index in [9.17, 15) is 9.18 Å². The van der Waals surface area contributed by atoms with E-state index in [-0.39, 0.29) is 18.0 Å². The van der Waals surface area contributed by atoms with Crippen LogP contribution in [0.1, 0.15) is 18.4 Å². The molecule has 0 aromatic heterocycles. The van der Waals surface area contributed by atoms with E-state index >= 15 is 0 Å². The molecular formula is C21H22FNO3. The molecule has 4 rings (SSSR count). The van der Waals surface area contributed by atoms with E-state index in [2.05, 4.69) is 0 Å². The van der Waals surface area contributed by atoms with Crippen molar-refractivity contribution in [3.63, 3.8) is 0 Å². The molecule has 2 aromatic rings. The molecule has 0 unspecified atom stereocenters. The third-order valence-corrected chi connectivity index (χ3v) is 5.30. The lowest BCUT2D eigenvalue weighted by molar-refractivity contribution is 0.0984. The Morgan fingerprint density at radius 2 is 1.65 bits per heavy atom. The van der Waals surface area contributed by atoms with E-state index in [1.807, 2.05) is 30.3 Å². The van der Waals surface area contributed by atoms with Gasteiger partial charge in [0.1, 0.15) is 6.61 Å². The maximum absolute atomic E-state index is 13.7. The second-order valence-corrected chi connectivity index (χ2v) is 7.11. The molecule has 0 bridgehead atoms. The zero-order valence-corrected chi connectivity index (χ0v) is 14.5. The number of benzene rings is 2. The smallest absolute Gasteiger partial charge is 0.410 e. The number of likely N-dealkylation sites (tertiary alicyclic amines) is 1. The molecule has 0 N–H and O–H groups in total. The van der Waals surface area contributed by atoms with Crippen molar-refractivity contribution < 1.29 is 18.7 Å². The number of hydrogen-bond acceptors (Lipinski definition) is 3. The first kappa shape index (κ1) is 16.9. The van der Waals surface area contributed by atoms with Gasteiger partial charge in [-0.05, 0) is 42.4 Å². The fraction of sp³-hybridized carbons (Fsp3) is 0.381. The summed E-state index contributed by atoms with van der Waals surface area (Å²) in [5, 5.41) is 0. The zero-order valence-electron chi connectivity index (χ0n) is 14.5. The Labute approximate surface area is 152 Å². The van der Waals surface area contributed by atoms with Gasteiger partial charge in [-0.1, -0.05) is 42.5 Å². The summed E-state index contributed by atoms with van der Waals surface area (Å²) in [7, 11) is 0. The van der Waals surface area contributed by atoms with Gasteiger partial charge in [0.05, 0.1) is 6.10 Å². The summed E-state index contributed by atoms with van der Waals surface area (Å²) >= 11 is 0. The molecule has 2 aromatic carbocycles. The largest absolute Gasteiger partial charge is 0.487 e. The number of hydrogen-bond donors (Lipinski definition) is 0. The molecule has 3 atom stereocenters. The van der Waals surface area contributed by atoms with Crippen LogP contribution in [0.5, 0.6) is 5.75 Å². The van der Waals surface area contributed by atoms with Gasteiger partial charge in [-0.2, -0.15) is 0 Å². The Kier molecular flexibility index (Phi) is 4.78. The van der Waals surface area contributed by atoms with Crippen molar-refractivity contribution in [1.29, 1.82) is 0 Å². The van der Waals surface area contributed by atoms with Crippen molar-refractivity contribution in [1.82, 2.24) is 4.90 Å². The zero-order chi connectivity index (χ0) is 17.9. The highest BCUT2D eigenvalue weighted by molar-refractivity contribution is 5.68. The van der Waals surface area contributed by atoms with E-state index in [0.29, 0.717) is 37.3 Å². The summed E-state index contributed by atoms with van der Waals surface area (Å²) < 4.78 is 25.0. The average molecular weight is 355 g/mol. The molecule has 1 heterocycles. The number of nitrogens with zero attached hydrogens (tertiary/aromatic N) is 1. The summed E-state index contributed by atoms with van der Waals surface area (Å²) in [6, 6.07) is 16.2. The van der Waals surface area contributed by atoms with Crippen LogP contribution in [0.4, 0.5) is 9.18 Å². The van der Waals surface area contributed by atoms with Crippen LogP contribution in [0.3, 0.4) is 0 Å². The highest BCUT2D eigenvalue weighted by Crippen LogP contribution is 2.40. The van der Waals surface area contributed by atoms with E-state index in [0.717, 1.165) is 18.4 Å². The fourth-order valence-electron chi connectivity index (χ4n) is 4.02. The molecule has 1 amide bonds. The van der Waals surface area contributed by atoms with Gasteiger partial charge < -0.3 is 14.4 Å². The quantitative estimate of drug-likeness (QED) is 0.823. The number of rotatable bonds is 4. The van der Waals surface area contributed by atoms with Crippen molar-refractivity contribution in [2.45, 2.75) is 25.6 Å². The van der Waals surface area contributed by atoms with E-state index in [4.69, 9.17) is 9.47 Å². The van der Waals surface area contributed by atoms with Crippen molar-refractivity contribution in [2.24, 2.45) is 11.8 Å². The Morgan fingerprint density at radius 3 is 2.35 bits per heavy atom. The second kappa shape index (κ2) is 7.36. The SMILES string of the molecule is O=C(OCc1ccccc1)N1C[C@H]2C[C@H](Oc3ccccc3F)C[C@H]2C1. The van der Waals surface area contributed by atoms with Gasteiger partial charge in [0.25, 0.3) is 0 Å². The average Bonchev–Trinajstić information content (AvgIpc) is 3.21. The van der Waals surface area contributed by atoms with Crippen LogP contribution in [-0.4, -0.2) is 30.2 Å². The van der Waals surface area contributed by atoms with Crippen LogP contribution in [0, 0.1) is 17.7 Å². The number of amides is 1. The number of halogens is 1. The predicted molar refractivity (Wildman–Crippen MR) is 95.2 cm³/mol. The third-order valence-electron chi connectivity index (χ3n) is 5.30. The van der Waals surface area contributed by atoms with Crippen LogP contribution in [-0.2, 0) is 11.3 Å². The van der Waals surface area contributed by atoms with Gasteiger partial charge in [0, 0.05) is 13.1 Å². The van der Waals surface area contributed by atoms with Crippen LogP contribution >= 0.6 is 0 Å². The highest BCUT2D eigenvalue weighted by atomic mass is 19.1. The predicted octanol–water partition coefficient (Wildman–Crippen LogP) is 4.25. The lowest BCUT2D eigenvalue weighted by Gasteiger charge is -2.20. The Hall–Kier alpha value is -2.56. The molecule has 0 spiro atoms. The van der Waals surface area contributed by atoms with E-state index < -0.39 is 0 Å². The molecule has 1 saturated carbocycles. The molecule has 2 aliphatic rings. The Morgan fingerprint density at radius 1 is 1.00 bits per heavy atom. The number of ether oxygens (including phenoxy) is 2. The van der Waals surface area contributed by atoms with Crippen LogP contribution in [0.2, 0.25) is 0 Å². The normalized spacial score (nSPS) is 24.3. The van der Waals surface area contributed by atoms with Gasteiger partial charge in [0.15, 0.2) is 11.6 Å². The molecule has 5 heteroatoms. The first-order chi connectivity index (χ1) is 12.7. The van der Waals surface area contributed by atoms with Gasteiger partial charge in [-0.25, -0.2) is 9.18 Å². The maximum Gasteiger partial charge on any atom is 0.410 e. The Balaban J connectivity index is 1.27. The van der Waals surface area contributed by atoms with E-state index in [1.165, 1.54) is 6.07 Å². The van der Waals surface area contributed by atoms with Gasteiger partial charge in [-0.3, -0.25) is 0 Å². The Bertz CT molecular complexity index is 753. The molecule has 0 radical (unpaired) electrons. The minimum absolute atomic E-state index is 0.0180. The lowest BCUT2D eigenvalue weighted by atomic mass is 10.0. The molecular weight excluding hydrogens is 333 g/mol. The summed E-state index contributed by atoms with van der Waals surface area (Å²) in [5.74, 6) is 0.791. The van der Waals surface area contributed by atoms with Crippen molar-refractivity contribution >= 4 is 6.09 Å². The molecule has 1 saturated heterocycles. The fourth-order valence-corrected chi connectivity index (χ4v) is 4.02. The number of para-hydroxylation sites is 1. The van der Waals surface area contributed by atoms with Crippen molar-refractivity contribution in [3.05, 3.63) is 66.0 Å². The van der Waals surface area contributed by atoms with Crippen molar-refractivity contribution in [3.8, 4) is 5.75 Å². The second-order valence-electron chi connectivity index (χ2n) is 7.11. The monoisotopic (exact) mass is 355 g/mol. The summed E-state index contributed by atoms with van der Waals surface area (Å²) in [5.41, 5.74) is 0.985. The molecule has 2 fully saturated rings. The van der Waals surface area contributed by atoms with Crippen molar-refractivity contribution in [2.75, 3.05) is 13.1 Å². The number of carbonyl (C=O) groups is 1. The van der Waals surface area contributed by atoms with Crippen LogP contribution in [0.25, 0.3) is 0 Å². The summed E-state index contributed by atoms with van der Waals surface area (Å²) in [6.45, 7) is 1.68. The minimum atomic E-state index is -0.323. The topological polar surface area (TPSA) is 38.8 Å². The van der Waals surface area contributed by atoms with E-state index in [1.54, 1.807) is 23.1 Å². The molecule has 1 aliphatic heterocycles. The molecule has 1 aliphatic carbocycles. The van der Waals surface area contributed by atoms with Gasteiger partial charge in [-0.15, -0.1) is 0 Å². The molecule has 26 heavy (non-hydrogen) atoms. The lowest BCUT2D eigenvalue weighted by Crippen LogP contribution is -2.31. The summed E-state index contributed by atoms with van der Waals surface area (Å²) in [4.78, 5) is 14.1. The standard InChI is InChI=1S/C21H22FNO3/c22-19-8-4-5-9-20(19)26-18-10-16-12-23(13-17(16)11-18)21(24)25-14-15-6-2-1-3-7-15/h1-9,16-18H,10-14H2/t16-,17+,18+. The molecule has 4 nitrogen and oxygen atoms in total. The van der Waals surface area contributed by atoms with Gasteiger partial charge in [0.2, 0.25) is 0 Å². The maximum atomic E-state index is 13.7. The minimum Gasteiger partial charge on any atom is -0.487 e. The number of fused-ring (bicyclic) bond motifs is 1. The summed E-state index contributed by atoms with van der Waals surface area (Å²) in [6.07, 6.45) is 1.46. The first-order valence-corrected chi connectivity index (χ1v) is 9.06. The third kappa shape index (κ3) is 3.66. The number of carbonyl (C=O) groups excluding carboxylic acids is 1. The van der Waals surface area contributed by atoms with Crippen LogP contribution in [0.15, 0.2) is 54.6 Å². The first-order valence-electron chi connectivity index (χ1n) is 9.06. The molecule has 136 valence electrons. The van der Waals surface area contributed by atoms with Crippen LogP contribution < -0.4 is 4.74 Å². The highest BCUT2D eigenvalue weighted by Gasteiger charge is 2.43.